The van der Waals surface area contributed by atoms with E-state index >= 15 is 0 Å². The molecule has 1 aromatic heterocycles. The lowest BCUT2D eigenvalue weighted by Crippen LogP contribution is -2.06. The van der Waals surface area contributed by atoms with E-state index in [1.165, 1.54) is 4.57 Å². The van der Waals surface area contributed by atoms with Gasteiger partial charge >= 0.3 is 5.76 Å². The Morgan fingerprint density at radius 2 is 2.25 bits per heavy atom. The van der Waals surface area contributed by atoms with Crippen LogP contribution in [0.15, 0.2) is 27.4 Å². The summed E-state index contributed by atoms with van der Waals surface area (Å²) in [5.74, 6) is -0.417. The van der Waals surface area contributed by atoms with Gasteiger partial charge in [0.1, 0.15) is 0 Å². The first-order valence-electron chi connectivity index (χ1n) is 3.62. The zero-order valence-electron chi connectivity index (χ0n) is 6.70. The Balaban J connectivity index is 3.07. The zero-order valence-corrected chi connectivity index (χ0v) is 6.70. The molecule has 1 aromatic carbocycles. The van der Waals surface area contributed by atoms with E-state index in [0.717, 1.165) is 11.1 Å². The molecule has 2 rings (SSSR count). The number of hydrogen-bond donors (Lipinski definition) is 0. The highest BCUT2D eigenvalue weighted by molar-refractivity contribution is 5.76. The third kappa shape index (κ3) is 0.794. The number of para-hydroxylation sites is 1. The van der Waals surface area contributed by atoms with Crippen LogP contribution >= 0.6 is 0 Å². The van der Waals surface area contributed by atoms with Crippen LogP contribution in [0, 0.1) is 14.0 Å². The number of fused-ring (bicyclic) bond motifs is 1. The molecule has 3 heteroatoms. The first kappa shape index (κ1) is 7.16. The van der Waals surface area contributed by atoms with Gasteiger partial charge in [0, 0.05) is 7.05 Å². The van der Waals surface area contributed by atoms with Crippen molar-refractivity contribution in [1.29, 1.82) is 0 Å². The molecule has 0 aliphatic heterocycles. The van der Waals surface area contributed by atoms with Crippen molar-refractivity contribution in [1.82, 2.24) is 4.57 Å². The normalized spacial score (nSPS) is 10.8. The Labute approximate surface area is 69.2 Å². The SMILES string of the molecule is [CH2]n1c(=O)oc2cccc(C)c21. The van der Waals surface area contributed by atoms with Crippen molar-refractivity contribution < 1.29 is 4.42 Å². The number of hydrogen-bond acceptors (Lipinski definition) is 2. The summed E-state index contributed by atoms with van der Waals surface area (Å²) in [4.78, 5) is 11.0. The lowest BCUT2D eigenvalue weighted by molar-refractivity contribution is 0.539. The largest absolute Gasteiger partial charge is 0.420 e. The van der Waals surface area contributed by atoms with Gasteiger partial charge < -0.3 is 4.42 Å². The second-order valence-corrected chi connectivity index (χ2v) is 2.72. The zero-order chi connectivity index (χ0) is 8.72. The topological polar surface area (TPSA) is 35.1 Å². The fraction of sp³-hybridized carbons (Fsp3) is 0.111. The minimum Gasteiger partial charge on any atom is -0.408 e. The van der Waals surface area contributed by atoms with Crippen molar-refractivity contribution >= 4 is 11.1 Å². The molecule has 2 aromatic rings. The standard InChI is InChI=1S/C9H8NO2/c1-6-4-3-5-7-8(6)10(2)9(11)12-7/h3-5H,2H2,1H3. The second kappa shape index (κ2) is 2.24. The minimum absolute atomic E-state index is 0.417. The van der Waals surface area contributed by atoms with E-state index in [1.807, 2.05) is 19.1 Å². The molecule has 0 atom stereocenters. The summed E-state index contributed by atoms with van der Waals surface area (Å²) in [6, 6.07) is 5.52. The molecule has 0 spiro atoms. The van der Waals surface area contributed by atoms with Crippen molar-refractivity contribution in [2.24, 2.45) is 0 Å². The summed E-state index contributed by atoms with van der Waals surface area (Å²) in [7, 11) is 3.58. The third-order valence-corrected chi connectivity index (χ3v) is 1.89. The second-order valence-electron chi connectivity index (χ2n) is 2.72. The number of aryl methyl sites for hydroxylation is 1. The Bertz CT molecular complexity index is 479. The van der Waals surface area contributed by atoms with Gasteiger partial charge in [0.15, 0.2) is 5.58 Å². The Kier molecular flexibility index (Phi) is 1.33. The molecule has 0 amide bonds. The van der Waals surface area contributed by atoms with E-state index in [0.29, 0.717) is 5.58 Å². The molecule has 0 fully saturated rings. The summed E-state index contributed by atoms with van der Waals surface area (Å²) in [6.07, 6.45) is 0. The van der Waals surface area contributed by atoms with Gasteiger partial charge in [-0.1, -0.05) is 12.1 Å². The van der Waals surface area contributed by atoms with Gasteiger partial charge in [-0.3, -0.25) is 4.57 Å². The van der Waals surface area contributed by atoms with Crippen LogP contribution in [0.2, 0.25) is 0 Å². The van der Waals surface area contributed by atoms with E-state index in [1.54, 1.807) is 6.07 Å². The van der Waals surface area contributed by atoms with E-state index in [-0.39, 0.29) is 0 Å². The molecule has 0 unspecified atom stereocenters. The molecule has 3 nitrogen and oxygen atoms in total. The fourth-order valence-electron chi connectivity index (χ4n) is 1.30. The highest BCUT2D eigenvalue weighted by Gasteiger charge is 2.06. The molecule has 0 N–H and O–H groups in total. The van der Waals surface area contributed by atoms with Crippen LogP contribution in [-0.2, 0) is 0 Å². The maximum absolute atomic E-state index is 11.0. The van der Waals surface area contributed by atoms with Gasteiger partial charge in [-0.05, 0) is 18.6 Å². The summed E-state index contributed by atoms with van der Waals surface area (Å²) in [5.41, 5.74) is 2.35. The molecular weight excluding hydrogens is 154 g/mol. The summed E-state index contributed by atoms with van der Waals surface area (Å²) < 4.78 is 6.19. The predicted octanol–water partition coefficient (Wildman–Crippen LogP) is 1.54. The molecular formula is C9H8NO2. The number of benzene rings is 1. The van der Waals surface area contributed by atoms with Crippen LogP contribution in [0.1, 0.15) is 5.56 Å². The number of rotatable bonds is 0. The highest BCUT2D eigenvalue weighted by Crippen LogP contribution is 2.15. The average Bonchev–Trinajstić information content (AvgIpc) is 2.29. The molecule has 1 heterocycles. The lowest BCUT2D eigenvalue weighted by atomic mass is 10.2. The van der Waals surface area contributed by atoms with E-state index in [4.69, 9.17) is 4.42 Å². The molecule has 0 bridgehead atoms. The molecule has 0 saturated heterocycles. The molecule has 0 aliphatic rings. The lowest BCUT2D eigenvalue weighted by Gasteiger charge is -1.94. The van der Waals surface area contributed by atoms with Crippen LogP contribution in [0.3, 0.4) is 0 Å². The Morgan fingerprint density at radius 3 is 2.92 bits per heavy atom. The molecule has 12 heavy (non-hydrogen) atoms. The first-order valence-corrected chi connectivity index (χ1v) is 3.62. The first-order chi connectivity index (χ1) is 5.70. The van der Waals surface area contributed by atoms with Gasteiger partial charge in [0.25, 0.3) is 0 Å². The van der Waals surface area contributed by atoms with Crippen LogP contribution in [-0.4, -0.2) is 4.57 Å². The van der Waals surface area contributed by atoms with Crippen LogP contribution in [0.5, 0.6) is 0 Å². The fourth-order valence-corrected chi connectivity index (χ4v) is 1.30. The Hall–Kier alpha value is -1.51. The smallest absolute Gasteiger partial charge is 0.408 e. The molecule has 0 saturated carbocycles. The maximum Gasteiger partial charge on any atom is 0.420 e. The van der Waals surface area contributed by atoms with Crippen molar-refractivity contribution in [2.45, 2.75) is 6.92 Å². The number of aromatic nitrogens is 1. The van der Waals surface area contributed by atoms with Crippen molar-refractivity contribution in [3.8, 4) is 0 Å². The van der Waals surface area contributed by atoms with Crippen LogP contribution in [0.25, 0.3) is 11.1 Å². The van der Waals surface area contributed by atoms with Gasteiger partial charge in [-0.2, -0.15) is 0 Å². The van der Waals surface area contributed by atoms with Crippen molar-refractivity contribution in [3.63, 3.8) is 0 Å². The van der Waals surface area contributed by atoms with Gasteiger partial charge in [-0.15, -0.1) is 0 Å². The molecule has 61 valence electrons. The summed E-state index contributed by atoms with van der Waals surface area (Å²) in [5, 5.41) is 0. The summed E-state index contributed by atoms with van der Waals surface area (Å²) >= 11 is 0. The van der Waals surface area contributed by atoms with Gasteiger partial charge in [0.05, 0.1) is 5.52 Å². The maximum atomic E-state index is 11.0. The number of nitrogens with zero attached hydrogens (tertiary/aromatic N) is 1. The third-order valence-electron chi connectivity index (χ3n) is 1.89. The quantitative estimate of drug-likeness (QED) is 0.589. The Morgan fingerprint density at radius 1 is 1.50 bits per heavy atom. The highest BCUT2D eigenvalue weighted by atomic mass is 16.4. The number of oxazole rings is 1. The van der Waals surface area contributed by atoms with Crippen molar-refractivity contribution in [3.05, 3.63) is 41.4 Å². The summed E-state index contributed by atoms with van der Waals surface area (Å²) in [6.45, 7) is 1.92. The van der Waals surface area contributed by atoms with E-state index in [9.17, 15) is 4.79 Å². The minimum atomic E-state index is -0.417. The van der Waals surface area contributed by atoms with E-state index in [2.05, 4.69) is 7.05 Å². The van der Waals surface area contributed by atoms with Gasteiger partial charge in [0.2, 0.25) is 0 Å². The monoisotopic (exact) mass is 162 g/mol. The van der Waals surface area contributed by atoms with E-state index < -0.39 is 5.76 Å². The molecule has 0 aliphatic carbocycles. The predicted molar refractivity (Wildman–Crippen MR) is 46.0 cm³/mol. The van der Waals surface area contributed by atoms with Crippen molar-refractivity contribution in [2.75, 3.05) is 0 Å². The van der Waals surface area contributed by atoms with Crippen LogP contribution < -0.4 is 5.76 Å². The van der Waals surface area contributed by atoms with Crippen LogP contribution in [0.4, 0.5) is 0 Å². The average molecular weight is 162 g/mol. The van der Waals surface area contributed by atoms with Gasteiger partial charge in [-0.25, -0.2) is 4.79 Å². The molecule has 1 radical (unpaired) electrons.